The lowest BCUT2D eigenvalue weighted by molar-refractivity contribution is -0.385. The lowest BCUT2D eigenvalue weighted by atomic mass is 10.1. The fourth-order valence-corrected chi connectivity index (χ4v) is 2.21. The predicted molar refractivity (Wildman–Crippen MR) is 89.3 cm³/mol. The highest BCUT2D eigenvalue weighted by Gasteiger charge is 2.23. The third kappa shape index (κ3) is 3.77. The maximum Gasteiger partial charge on any atom is 0.318 e. The Morgan fingerprint density at radius 2 is 1.76 bits per heavy atom. The van der Waals surface area contributed by atoms with Crippen LogP contribution in [0.15, 0.2) is 24.4 Å². The highest BCUT2D eigenvalue weighted by molar-refractivity contribution is 6.08. The summed E-state index contributed by atoms with van der Waals surface area (Å²) in [5, 5.41) is 14.8. The zero-order valence-electron chi connectivity index (χ0n) is 14.2. The molecular formula is C16H17N3O6. The van der Waals surface area contributed by atoms with Gasteiger partial charge in [-0.15, -0.1) is 0 Å². The molecule has 0 unspecified atom stereocenters. The number of allylic oxidation sites excluding steroid dienone is 1. The van der Waals surface area contributed by atoms with Crippen molar-refractivity contribution in [1.82, 2.24) is 9.78 Å². The van der Waals surface area contributed by atoms with Gasteiger partial charge in [-0.2, -0.15) is 5.10 Å². The Kier molecular flexibility index (Phi) is 5.38. The Morgan fingerprint density at radius 1 is 1.16 bits per heavy atom. The molecule has 0 bridgehead atoms. The molecule has 0 spiro atoms. The van der Waals surface area contributed by atoms with Crippen molar-refractivity contribution in [2.75, 3.05) is 21.3 Å². The van der Waals surface area contributed by atoms with Gasteiger partial charge in [0.05, 0.1) is 26.3 Å². The molecule has 1 aromatic heterocycles. The van der Waals surface area contributed by atoms with Gasteiger partial charge in [0.15, 0.2) is 11.5 Å². The number of nitrogens with zero attached hydrogens (tertiary/aromatic N) is 3. The van der Waals surface area contributed by atoms with Gasteiger partial charge in [-0.1, -0.05) is 0 Å². The molecule has 1 aromatic carbocycles. The van der Waals surface area contributed by atoms with Crippen LogP contribution in [0.1, 0.15) is 16.1 Å². The molecule has 25 heavy (non-hydrogen) atoms. The minimum atomic E-state index is -0.648. The summed E-state index contributed by atoms with van der Waals surface area (Å²) in [6.07, 6.45) is 3.85. The van der Waals surface area contributed by atoms with E-state index in [-0.39, 0.29) is 11.4 Å². The van der Waals surface area contributed by atoms with Crippen molar-refractivity contribution in [3.63, 3.8) is 0 Å². The van der Waals surface area contributed by atoms with E-state index in [9.17, 15) is 14.9 Å². The minimum Gasteiger partial charge on any atom is -0.496 e. The van der Waals surface area contributed by atoms with Crippen LogP contribution >= 0.6 is 0 Å². The summed E-state index contributed by atoms with van der Waals surface area (Å²) < 4.78 is 16.9. The molecule has 1 heterocycles. The fraction of sp³-hybridized carbons (Fsp3) is 0.250. The van der Waals surface area contributed by atoms with Crippen LogP contribution in [0.25, 0.3) is 6.08 Å². The number of methoxy groups -OCH3 is 3. The van der Waals surface area contributed by atoms with E-state index in [0.717, 1.165) is 0 Å². The molecule has 0 fully saturated rings. The van der Waals surface area contributed by atoms with E-state index in [1.165, 1.54) is 51.4 Å². The lowest BCUT2D eigenvalue weighted by Gasteiger charge is -2.11. The number of ketones is 1. The van der Waals surface area contributed by atoms with Crippen molar-refractivity contribution < 1.29 is 23.9 Å². The normalized spacial score (nSPS) is 10.7. The lowest BCUT2D eigenvalue weighted by Crippen LogP contribution is -2.01. The number of carbonyl (C=O) groups excluding carboxylic acids is 1. The first-order valence-corrected chi connectivity index (χ1v) is 7.11. The van der Waals surface area contributed by atoms with Gasteiger partial charge in [0.1, 0.15) is 11.9 Å². The number of aryl methyl sites for hydroxylation is 1. The third-order valence-corrected chi connectivity index (χ3v) is 3.39. The summed E-state index contributed by atoms with van der Waals surface area (Å²) in [6, 6.07) is 3.25. The first kappa shape index (κ1) is 18.0. The number of ether oxygens (including phenoxy) is 3. The number of hydrogen-bond acceptors (Lipinski definition) is 7. The van der Waals surface area contributed by atoms with Crippen LogP contribution in [-0.2, 0) is 7.05 Å². The molecule has 132 valence electrons. The average molecular weight is 347 g/mol. The maximum atomic E-state index is 12.3. The molecule has 0 amide bonds. The summed E-state index contributed by atoms with van der Waals surface area (Å²) in [5.41, 5.74) is -0.0355. The van der Waals surface area contributed by atoms with Gasteiger partial charge in [-0.05, 0) is 18.2 Å². The van der Waals surface area contributed by atoms with E-state index in [0.29, 0.717) is 22.8 Å². The van der Waals surface area contributed by atoms with Crippen LogP contribution in [0.4, 0.5) is 5.69 Å². The number of nitro groups is 1. The molecule has 0 radical (unpaired) electrons. The summed E-state index contributed by atoms with van der Waals surface area (Å²) in [4.78, 5) is 22.6. The van der Waals surface area contributed by atoms with E-state index < -0.39 is 10.7 Å². The monoisotopic (exact) mass is 347 g/mol. The first-order valence-electron chi connectivity index (χ1n) is 7.11. The second-order valence-electron chi connectivity index (χ2n) is 4.94. The molecule has 9 nitrogen and oxygen atoms in total. The predicted octanol–water partition coefficient (Wildman–Crippen LogP) is 2.25. The number of hydrogen-bond donors (Lipinski definition) is 0. The number of aromatic nitrogens is 2. The van der Waals surface area contributed by atoms with Crippen LogP contribution in [0, 0.1) is 10.1 Å². The molecule has 0 aliphatic heterocycles. The van der Waals surface area contributed by atoms with Crippen molar-refractivity contribution in [3.05, 3.63) is 45.8 Å². The van der Waals surface area contributed by atoms with E-state index in [1.54, 1.807) is 12.1 Å². The van der Waals surface area contributed by atoms with Crippen LogP contribution in [-0.4, -0.2) is 41.8 Å². The molecule has 0 atom stereocenters. The fourth-order valence-electron chi connectivity index (χ4n) is 2.21. The van der Waals surface area contributed by atoms with Crippen LogP contribution in [0.3, 0.4) is 0 Å². The molecule has 9 heteroatoms. The van der Waals surface area contributed by atoms with Gasteiger partial charge in [-0.25, -0.2) is 0 Å². The van der Waals surface area contributed by atoms with E-state index >= 15 is 0 Å². The Bertz CT molecular complexity index is 841. The highest BCUT2D eigenvalue weighted by Crippen LogP contribution is 2.35. The number of carbonyl (C=O) groups is 1. The van der Waals surface area contributed by atoms with Gasteiger partial charge in [0, 0.05) is 18.7 Å². The Morgan fingerprint density at radius 3 is 2.32 bits per heavy atom. The summed E-state index contributed by atoms with van der Waals surface area (Å²) in [5.74, 6) is 0.795. The molecule has 0 saturated carbocycles. The Hall–Kier alpha value is -3.36. The van der Waals surface area contributed by atoms with Crippen molar-refractivity contribution in [2.24, 2.45) is 7.05 Å². The largest absolute Gasteiger partial charge is 0.496 e. The zero-order chi connectivity index (χ0) is 18.6. The zero-order valence-corrected chi connectivity index (χ0v) is 14.2. The van der Waals surface area contributed by atoms with Gasteiger partial charge < -0.3 is 14.2 Å². The summed E-state index contributed by atoms with van der Waals surface area (Å²) >= 11 is 0. The molecule has 0 aliphatic carbocycles. The molecule has 2 aromatic rings. The van der Waals surface area contributed by atoms with E-state index in [2.05, 4.69) is 5.10 Å². The van der Waals surface area contributed by atoms with Gasteiger partial charge in [0.2, 0.25) is 11.5 Å². The van der Waals surface area contributed by atoms with Crippen LogP contribution in [0.2, 0.25) is 0 Å². The minimum absolute atomic E-state index is 0.233. The SMILES string of the molecule is COc1cc(OC)c(OC)cc1/C=C/C(=O)c1nn(C)cc1[N+](=O)[O-]. The van der Waals surface area contributed by atoms with Crippen LogP contribution in [0.5, 0.6) is 17.2 Å². The van der Waals surface area contributed by atoms with Crippen molar-refractivity contribution in [1.29, 1.82) is 0 Å². The molecule has 2 rings (SSSR count). The van der Waals surface area contributed by atoms with Gasteiger partial charge in [0.25, 0.3) is 0 Å². The van der Waals surface area contributed by atoms with Crippen molar-refractivity contribution >= 4 is 17.5 Å². The van der Waals surface area contributed by atoms with Crippen molar-refractivity contribution in [2.45, 2.75) is 0 Å². The van der Waals surface area contributed by atoms with E-state index in [1.807, 2.05) is 0 Å². The quantitative estimate of drug-likeness (QED) is 0.327. The molecule has 0 aliphatic rings. The van der Waals surface area contributed by atoms with Gasteiger partial charge in [-0.3, -0.25) is 19.6 Å². The second kappa shape index (κ2) is 7.47. The Balaban J connectivity index is 2.39. The highest BCUT2D eigenvalue weighted by atomic mass is 16.6. The average Bonchev–Trinajstić information content (AvgIpc) is 3.01. The summed E-state index contributed by atoms with van der Waals surface area (Å²) in [7, 11) is 5.96. The number of benzene rings is 1. The number of rotatable bonds is 7. The second-order valence-corrected chi connectivity index (χ2v) is 4.94. The molecule has 0 saturated heterocycles. The standard InChI is InChI=1S/C16H17N3O6/c1-18-9-11(19(21)22)16(17-18)12(20)6-5-10-7-14(24-3)15(25-4)8-13(10)23-2/h5-9H,1-4H3/b6-5+. The molecule has 0 N–H and O–H groups in total. The topological polar surface area (TPSA) is 106 Å². The van der Waals surface area contributed by atoms with E-state index in [4.69, 9.17) is 14.2 Å². The first-order chi connectivity index (χ1) is 11.9. The maximum absolute atomic E-state index is 12.3. The van der Waals surface area contributed by atoms with Crippen molar-refractivity contribution in [3.8, 4) is 17.2 Å². The smallest absolute Gasteiger partial charge is 0.318 e. The third-order valence-electron chi connectivity index (χ3n) is 3.39. The molecular weight excluding hydrogens is 330 g/mol. The summed E-state index contributed by atoms with van der Waals surface area (Å²) in [6.45, 7) is 0. The van der Waals surface area contributed by atoms with Gasteiger partial charge >= 0.3 is 5.69 Å². The Labute approximate surface area is 143 Å². The van der Waals surface area contributed by atoms with Crippen LogP contribution < -0.4 is 14.2 Å².